The lowest BCUT2D eigenvalue weighted by Crippen LogP contribution is -2.23. The summed E-state index contributed by atoms with van der Waals surface area (Å²) in [4.78, 5) is 10.4. The molecule has 1 atom stereocenters. The van der Waals surface area contributed by atoms with Crippen molar-refractivity contribution in [3.63, 3.8) is 0 Å². The quantitative estimate of drug-likeness (QED) is 0.583. The molecule has 0 aromatic rings. The molecule has 0 bridgehead atoms. The molecule has 1 aliphatic heterocycles. The van der Waals surface area contributed by atoms with Gasteiger partial charge in [-0.1, -0.05) is 0 Å². The largest absolute Gasteiger partial charge is 0.370 e. The fourth-order valence-electron chi connectivity index (χ4n) is 1.32. The minimum absolute atomic E-state index is 0.186. The highest BCUT2D eigenvalue weighted by molar-refractivity contribution is 5.73. The number of carbonyl (C=O) groups is 1. The van der Waals surface area contributed by atoms with Crippen LogP contribution in [0.5, 0.6) is 0 Å². The maximum Gasteiger partial charge on any atom is 0.217 e. The first kappa shape index (κ1) is 7.54. The van der Waals surface area contributed by atoms with Gasteiger partial charge in [0.05, 0.1) is 0 Å². The molecule has 1 saturated heterocycles. The zero-order valence-electron chi connectivity index (χ0n) is 6.10. The molecule has 3 nitrogen and oxygen atoms in total. The summed E-state index contributed by atoms with van der Waals surface area (Å²) in [5.74, 6) is -0.186. The molecule has 1 aliphatic rings. The van der Waals surface area contributed by atoms with Crippen molar-refractivity contribution in [2.45, 2.75) is 31.7 Å². The molecule has 1 amide bonds. The predicted octanol–water partition coefficient (Wildman–Crippen LogP) is 0.00390. The van der Waals surface area contributed by atoms with Crippen LogP contribution in [0.2, 0.25) is 0 Å². The van der Waals surface area contributed by atoms with Gasteiger partial charge in [-0.2, -0.15) is 0 Å². The second kappa shape index (κ2) is 3.56. The number of carbonyl (C=O) groups excluding carboxylic acids is 1. The maximum absolute atomic E-state index is 10.4. The summed E-state index contributed by atoms with van der Waals surface area (Å²) < 4.78 is 0. The van der Waals surface area contributed by atoms with E-state index in [9.17, 15) is 4.79 Å². The van der Waals surface area contributed by atoms with Crippen LogP contribution in [0.1, 0.15) is 25.7 Å². The summed E-state index contributed by atoms with van der Waals surface area (Å²) in [5, 5.41) is 3.30. The topological polar surface area (TPSA) is 55.1 Å². The van der Waals surface area contributed by atoms with Gasteiger partial charge in [-0.3, -0.25) is 4.79 Å². The van der Waals surface area contributed by atoms with Gasteiger partial charge in [-0.15, -0.1) is 0 Å². The van der Waals surface area contributed by atoms with E-state index in [0.717, 1.165) is 13.0 Å². The van der Waals surface area contributed by atoms with Crippen LogP contribution in [-0.2, 0) is 4.79 Å². The van der Waals surface area contributed by atoms with E-state index in [1.807, 2.05) is 0 Å². The highest BCUT2D eigenvalue weighted by Gasteiger charge is 2.13. The molecule has 3 heteroatoms. The van der Waals surface area contributed by atoms with Gasteiger partial charge in [0.25, 0.3) is 0 Å². The van der Waals surface area contributed by atoms with E-state index in [1.165, 1.54) is 12.8 Å². The van der Waals surface area contributed by atoms with Gasteiger partial charge in [0.1, 0.15) is 0 Å². The Morgan fingerprint density at radius 1 is 1.70 bits per heavy atom. The molecular weight excluding hydrogens is 128 g/mol. The standard InChI is InChI=1S/C7H14N2O/c8-7(10)4-3-6-2-1-5-9-6/h6,9H,1-5H2,(H2,8,10). The molecule has 1 unspecified atom stereocenters. The average molecular weight is 142 g/mol. The van der Waals surface area contributed by atoms with Gasteiger partial charge in [-0.05, 0) is 25.8 Å². The van der Waals surface area contributed by atoms with Gasteiger partial charge in [0.2, 0.25) is 5.91 Å². The Morgan fingerprint density at radius 2 is 2.50 bits per heavy atom. The maximum atomic E-state index is 10.4. The molecule has 1 rings (SSSR count). The zero-order chi connectivity index (χ0) is 7.40. The third kappa shape index (κ3) is 2.35. The van der Waals surface area contributed by atoms with E-state index in [0.29, 0.717) is 12.5 Å². The second-order valence-corrected chi connectivity index (χ2v) is 2.80. The van der Waals surface area contributed by atoms with Crippen molar-refractivity contribution in [1.82, 2.24) is 5.32 Å². The second-order valence-electron chi connectivity index (χ2n) is 2.80. The fourth-order valence-corrected chi connectivity index (χ4v) is 1.32. The Bertz CT molecular complexity index is 119. The van der Waals surface area contributed by atoms with Crippen LogP contribution in [0.15, 0.2) is 0 Å². The smallest absolute Gasteiger partial charge is 0.217 e. The molecule has 0 aromatic carbocycles. The number of hydrogen-bond acceptors (Lipinski definition) is 2. The minimum atomic E-state index is -0.186. The fraction of sp³-hybridized carbons (Fsp3) is 0.857. The number of nitrogens with one attached hydrogen (secondary N) is 1. The summed E-state index contributed by atoms with van der Waals surface area (Å²) in [6.07, 6.45) is 3.88. The van der Waals surface area contributed by atoms with Crippen molar-refractivity contribution in [2.75, 3.05) is 6.54 Å². The Balaban J connectivity index is 2.07. The molecular formula is C7H14N2O. The molecule has 0 radical (unpaired) electrons. The van der Waals surface area contributed by atoms with E-state index in [1.54, 1.807) is 0 Å². The Hall–Kier alpha value is -0.570. The van der Waals surface area contributed by atoms with Crippen molar-refractivity contribution < 1.29 is 4.79 Å². The van der Waals surface area contributed by atoms with Crippen LogP contribution in [0.4, 0.5) is 0 Å². The number of rotatable bonds is 3. The highest BCUT2D eigenvalue weighted by Crippen LogP contribution is 2.09. The van der Waals surface area contributed by atoms with Crippen molar-refractivity contribution in [3.8, 4) is 0 Å². The summed E-state index contributed by atoms with van der Waals surface area (Å²) in [5.41, 5.74) is 5.00. The van der Waals surface area contributed by atoms with Crippen molar-refractivity contribution >= 4 is 5.91 Å². The van der Waals surface area contributed by atoms with Gasteiger partial charge in [0, 0.05) is 12.5 Å². The number of nitrogens with two attached hydrogens (primary N) is 1. The minimum Gasteiger partial charge on any atom is -0.370 e. The van der Waals surface area contributed by atoms with E-state index in [-0.39, 0.29) is 5.91 Å². The number of amides is 1. The van der Waals surface area contributed by atoms with Crippen LogP contribution in [0, 0.1) is 0 Å². The molecule has 3 N–H and O–H groups in total. The first-order valence-corrected chi connectivity index (χ1v) is 3.81. The van der Waals surface area contributed by atoms with E-state index >= 15 is 0 Å². The Kier molecular flexibility index (Phi) is 2.68. The molecule has 0 spiro atoms. The Labute approximate surface area is 61.0 Å². The van der Waals surface area contributed by atoms with Gasteiger partial charge in [0.15, 0.2) is 0 Å². The third-order valence-electron chi connectivity index (χ3n) is 1.90. The van der Waals surface area contributed by atoms with Crippen LogP contribution in [0.3, 0.4) is 0 Å². The summed E-state index contributed by atoms with van der Waals surface area (Å²) in [7, 11) is 0. The number of primary amides is 1. The lowest BCUT2D eigenvalue weighted by molar-refractivity contribution is -0.118. The number of hydrogen-bond donors (Lipinski definition) is 2. The monoisotopic (exact) mass is 142 g/mol. The van der Waals surface area contributed by atoms with E-state index in [4.69, 9.17) is 5.73 Å². The predicted molar refractivity (Wildman–Crippen MR) is 39.5 cm³/mol. The molecule has 0 saturated carbocycles. The summed E-state index contributed by atoms with van der Waals surface area (Å²) in [6.45, 7) is 1.10. The molecule has 58 valence electrons. The first-order valence-electron chi connectivity index (χ1n) is 3.81. The van der Waals surface area contributed by atoms with Crippen molar-refractivity contribution in [2.24, 2.45) is 5.73 Å². The SMILES string of the molecule is NC(=O)CCC1CCCN1. The van der Waals surface area contributed by atoms with Crippen LogP contribution >= 0.6 is 0 Å². The summed E-state index contributed by atoms with van der Waals surface area (Å²) in [6, 6.07) is 0.549. The van der Waals surface area contributed by atoms with Gasteiger partial charge < -0.3 is 11.1 Å². The van der Waals surface area contributed by atoms with E-state index < -0.39 is 0 Å². The van der Waals surface area contributed by atoms with E-state index in [2.05, 4.69) is 5.32 Å². The van der Waals surface area contributed by atoms with Gasteiger partial charge in [-0.25, -0.2) is 0 Å². The highest BCUT2D eigenvalue weighted by atomic mass is 16.1. The average Bonchev–Trinajstić information content (AvgIpc) is 2.34. The zero-order valence-corrected chi connectivity index (χ0v) is 6.10. The lowest BCUT2D eigenvalue weighted by Gasteiger charge is -2.06. The normalized spacial score (nSPS) is 25.0. The molecule has 0 aromatic heterocycles. The molecule has 10 heavy (non-hydrogen) atoms. The lowest BCUT2D eigenvalue weighted by atomic mass is 10.1. The van der Waals surface area contributed by atoms with Crippen LogP contribution in [0.25, 0.3) is 0 Å². The Morgan fingerprint density at radius 3 is 3.00 bits per heavy atom. The van der Waals surface area contributed by atoms with Crippen molar-refractivity contribution in [1.29, 1.82) is 0 Å². The van der Waals surface area contributed by atoms with Gasteiger partial charge >= 0.3 is 0 Å². The first-order chi connectivity index (χ1) is 4.79. The summed E-state index contributed by atoms with van der Waals surface area (Å²) >= 11 is 0. The van der Waals surface area contributed by atoms with Crippen LogP contribution < -0.4 is 11.1 Å². The van der Waals surface area contributed by atoms with Crippen molar-refractivity contribution in [3.05, 3.63) is 0 Å². The van der Waals surface area contributed by atoms with Crippen LogP contribution in [-0.4, -0.2) is 18.5 Å². The third-order valence-corrected chi connectivity index (χ3v) is 1.90. The molecule has 1 heterocycles. The molecule has 1 fully saturated rings. The molecule has 0 aliphatic carbocycles.